The Labute approximate surface area is 167 Å². The summed E-state index contributed by atoms with van der Waals surface area (Å²) in [4.78, 5) is 0.601. The molecule has 0 spiro atoms. The lowest BCUT2D eigenvalue weighted by Gasteiger charge is -2.63. The second kappa shape index (κ2) is 6.15. The SMILES string of the molecule is C[C@]12CCC(O)CC1CC[C@@H]1[C@H]2CC[C@]2(C)C(c3cc[n+]([O-])nc3)CC[C@@]12O. The Balaban J connectivity index is 1.47. The summed E-state index contributed by atoms with van der Waals surface area (Å²) < 4.78 is 0. The molecule has 0 aliphatic heterocycles. The molecule has 3 unspecified atom stereocenters. The number of aliphatic hydroxyl groups excluding tert-OH is 1. The van der Waals surface area contributed by atoms with Gasteiger partial charge in [0.25, 0.3) is 0 Å². The Hall–Kier alpha value is -1.20. The van der Waals surface area contributed by atoms with Gasteiger partial charge in [0, 0.05) is 16.6 Å². The third kappa shape index (κ3) is 2.38. The van der Waals surface area contributed by atoms with Crippen molar-refractivity contribution in [3.8, 4) is 0 Å². The molecule has 0 radical (unpaired) electrons. The van der Waals surface area contributed by atoms with Crippen LogP contribution in [0.2, 0.25) is 0 Å². The predicted octanol–water partition coefficient (Wildman–Crippen LogP) is 3.32. The van der Waals surface area contributed by atoms with Crippen LogP contribution in [0.15, 0.2) is 18.5 Å². The van der Waals surface area contributed by atoms with E-state index in [2.05, 4.69) is 18.9 Å². The zero-order valence-corrected chi connectivity index (χ0v) is 17.2. The molecular formula is C23H34N2O3. The van der Waals surface area contributed by atoms with Crippen molar-refractivity contribution in [3.63, 3.8) is 0 Å². The van der Waals surface area contributed by atoms with E-state index in [1.807, 2.05) is 6.07 Å². The molecule has 1 aromatic heterocycles. The van der Waals surface area contributed by atoms with Crippen molar-refractivity contribution in [2.24, 2.45) is 28.6 Å². The first-order chi connectivity index (χ1) is 13.3. The fourth-order valence-electron chi connectivity index (χ4n) is 8.30. The Kier molecular flexibility index (Phi) is 4.13. The number of rotatable bonds is 1. The smallest absolute Gasteiger partial charge is 0.210 e. The lowest BCUT2D eigenvalue weighted by molar-refractivity contribution is -0.669. The van der Waals surface area contributed by atoms with Gasteiger partial charge in [0.15, 0.2) is 0 Å². The molecule has 0 bridgehead atoms. The summed E-state index contributed by atoms with van der Waals surface area (Å²) in [5.41, 5.74) is 0.584. The van der Waals surface area contributed by atoms with Crippen LogP contribution in [0.25, 0.3) is 0 Å². The van der Waals surface area contributed by atoms with Gasteiger partial charge in [0.05, 0.1) is 17.9 Å². The van der Waals surface area contributed by atoms with Gasteiger partial charge in [-0.05, 0) is 92.4 Å². The van der Waals surface area contributed by atoms with Gasteiger partial charge in [-0.3, -0.25) is 0 Å². The molecule has 0 amide bonds. The average molecular weight is 387 g/mol. The first-order valence-electron chi connectivity index (χ1n) is 11.2. The number of nitrogens with zero attached hydrogens (tertiary/aromatic N) is 2. The molecule has 0 aromatic carbocycles. The molecule has 5 heteroatoms. The molecule has 1 aromatic rings. The zero-order chi connectivity index (χ0) is 19.7. The van der Waals surface area contributed by atoms with Gasteiger partial charge < -0.3 is 15.4 Å². The number of aliphatic hydroxyl groups is 2. The number of hydrogen-bond donors (Lipinski definition) is 2. The van der Waals surface area contributed by atoms with Crippen molar-refractivity contribution in [3.05, 3.63) is 29.2 Å². The number of aromatic nitrogens is 2. The van der Waals surface area contributed by atoms with Crippen molar-refractivity contribution in [2.75, 3.05) is 0 Å². The summed E-state index contributed by atoms with van der Waals surface area (Å²) in [6.07, 6.45) is 12.3. The van der Waals surface area contributed by atoms with Crippen molar-refractivity contribution in [1.29, 1.82) is 0 Å². The van der Waals surface area contributed by atoms with Crippen LogP contribution >= 0.6 is 0 Å². The topological polar surface area (TPSA) is 80.3 Å². The minimum atomic E-state index is -0.631. The first-order valence-corrected chi connectivity index (χ1v) is 11.2. The minimum Gasteiger partial charge on any atom is -0.594 e. The van der Waals surface area contributed by atoms with Crippen LogP contribution in [-0.2, 0) is 0 Å². The lowest BCUT2D eigenvalue weighted by Crippen LogP contribution is -2.62. The zero-order valence-electron chi connectivity index (χ0n) is 17.2. The maximum atomic E-state index is 12.2. The van der Waals surface area contributed by atoms with Crippen molar-refractivity contribution >= 4 is 0 Å². The molecule has 28 heavy (non-hydrogen) atoms. The number of hydrogen-bond acceptors (Lipinski definition) is 4. The summed E-state index contributed by atoms with van der Waals surface area (Å²) in [5.74, 6) is 1.79. The van der Waals surface area contributed by atoms with Crippen LogP contribution in [0.1, 0.15) is 83.1 Å². The first kappa shape index (κ1) is 18.8. The van der Waals surface area contributed by atoms with Gasteiger partial charge in [-0.1, -0.05) is 18.7 Å². The maximum absolute atomic E-state index is 12.2. The summed E-state index contributed by atoms with van der Waals surface area (Å²) >= 11 is 0. The molecule has 8 atom stereocenters. The Bertz CT molecular complexity index is 755. The van der Waals surface area contributed by atoms with Gasteiger partial charge in [0.1, 0.15) is 0 Å². The summed E-state index contributed by atoms with van der Waals surface area (Å²) in [7, 11) is 0. The highest BCUT2D eigenvalue weighted by atomic mass is 16.5. The minimum absolute atomic E-state index is 0.128. The van der Waals surface area contributed by atoms with Crippen molar-refractivity contribution in [2.45, 2.75) is 89.3 Å². The molecule has 4 fully saturated rings. The van der Waals surface area contributed by atoms with Gasteiger partial charge in [-0.25, -0.2) is 0 Å². The molecule has 2 N–H and O–H groups in total. The largest absolute Gasteiger partial charge is 0.594 e. The van der Waals surface area contributed by atoms with E-state index >= 15 is 0 Å². The molecule has 154 valence electrons. The van der Waals surface area contributed by atoms with E-state index in [-0.39, 0.29) is 22.9 Å². The fourth-order valence-corrected chi connectivity index (χ4v) is 8.30. The molecule has 5 rings (SSSR count). The van der Waals surface area contributed by atoms with E-state index in [0.29, 0.717) is 22.6 Å². The summed E-state index contributed by atoms with van der Waals surface area (Å²) in [6, 6.07) is 1.90. The highest BCUT2D eigenvalue weighted by Crippen LogP contribution is 2.70. The van der Waals surface area contributed by atoms with Crippen LogP contribution in [0.3, 0.4) is 0 Å². The van der Waals surface area contributed by atoms with E-state index < -0.39 is 5.60 Å². The van der Waals surface area contributed by atoms with E-state index in [1.54, 1.807) is 6.20 Å². The molecule has 4 aliphatic rings. The van der Waals surface area contributed by atoms with E-state index in [4.69, 9.17) is 0 Å². The Morgan fingerprint density at radius 1 is 1.07 bits per heavy atom. The van der Waals surface area contributed by atoms with Crippen LogP contribution in [0.5, 0.6) is 0 Å². The Morgan fingerprint density at radius 3 is 2.64 bits per heavy atom. The number of fused-ring (bicyclic) bond motifs is 5. The van der Waals surface area contributed by atoms with Gasteiger partial charge in [0.2, 0.25) is 6.20 Å². The standard InChI is InChI=1S/C23H34N2O3/c1-21-9-5-17(26)13-16(21)3-4-20-19(21)6-10-22(2)18(7-11-23(20,22)27)15-8-12-25(28)24-14-15/h8,12,14,16-20,26-27H,3-7,9-11,13H2,1-2H3/t16?,17?,18?,19-,20-,21+,22-,23-/m1/s1. The highest BCUT2D eigenvalue weighted by Gasteiger charge is 2.67. The van der Waals surface area contributed by atoms with Crippen molar-refractivity contribution in [1.82, 2.24) is 5.10 Å². The molecule has 1 heterocycles. The third-order valence-electron chi connectivity index (χ3n) is 9.94. The Morgan fingerprint density at radius 2 is 1.89 bits per heavy atom. The van der Waals surface area contributed by atoms with Gasteiger partial charge in [-0.2, -0.15) is 0 Å². The van der Waals surface area contributed by atoms with E-state index in [0.717, 1.165) is 56.9 Å². The van der Waals surface area contributed by atoms with E-state index in [1.165, 1.54) is 12.6 Å². The second-order valence-corrected chi connectivity index (χ2v) is 10.8. The predicted molar refractivity (Wildman–Crippen MR) is 105 cm³/mol. The monoisotopic (exact) mass is 386 g/mol. The molecule has 4 saturated carbocycles. The molecule has 5 nitrogen and oxygen atoms in total. The quantitative estimate of drug-likeness (QED) is 0.573. The third-order valence-corrected chi connectivity index (χ3v) is 9.94. The normalized spacial score (nSPS) is 50.5. The summed E-state index contributed by atoms with van der Waals surface area (Å²) in [5, 5.41) is 37.7. The fraction of sp³-hybridized carbons (Fsp3) is 0.826. The lowest BCUT2D eigenvalue weighted by atomic mass is 9.43. The van der Waals surface area contributed by atoms with Crippen LogP contribution in [-0.4, -0.2) is 27.0 Å². The van der Waals surface area contributed by atoms with Crippen LogP contribution < -0.4 is 4.85 Å². The van der Waals surface area contributed by atoms with Gasteiger partial charge in [-0.15, -0.1) is 0 Å². The van der Waals surface area contributed by atoms with Crippen LogP contribution in [0.4, 0.5) is 0 Å². The summed E-state index contributed by atoms with van der Waals surface area (Å²) in [6.45, 7) is 4.74. The van der Waals surface area contributed by atoms with Crippen molar-refractivity contribution < 1.29 is 15.1 Å². The highest BCUT2D eigenvalue weighted by molar-refractivity contribution is 5.26. The second-order valence-electron chi connectivity index (χ2n) is 10.8. The molecular weight excluding hydrogens is 352 g/mol. The van der Waals surface area contributed by atoms with E-state index in [9.17, 15) is 15.4 Å². The van der Waals surface area contributed by atoms with Gasteiger partial charge >= 0.3 is 0 Å². The average Bonchev–Trinajstić information content (AvgIpc) is 2.95. The molecule has 0 saturated heterocycles. The molecule has 4 aliphatic carbocycles. The maximum Gasteiger partial charge on any atom is 0.210 e. The van der Waals surface area contributed by atoms with Crippen LogP contribution in [0, 0.1) is 33.8 Å².